The molecule has 0 saturated heterocycles. The van der Waals surface area contributed by atoms with Crippen molar-refractivity contribution in [2.45, 2.75) is 27.7 Å². The molecule has 28 heavy (non-hydrogen) atoms. The van der Waals surface area contributed by atoms with E-state index in [1.807, 2.05) is 76.2 Å². The standard InChI is InChI=1S/C17H20N2O2S.C4H10O.Na.H/c1-3-20-15-9-5-13(6-10-15)18-17(22)19-14-7-11-16(12-8-14)21-4-2;1-3-5-4-2;;/h5-12H,3-4H2,1-2H3,(H2,18,19,22);3-4H2,1-2H3;;. The fourth-order valence-electron chi connectivity index (χ4n) is 2.10. The predicted octanol–water partition coefficient (Wildman–Crippen LogP) is 4.69. The average Bonchev–Trinajstić information content (AvgIpc) is 2.66. The number of hydrogen-bond acceptors (Lipinski definition) is 4. The van der Waals surface area contributed by atoms with Crippen LogP contribution in [0.1, 0.15) is 27.7 Å². The molecule has 2 N–H and O–H groups in total. The van der Waals surface area contributed by atoms with Crippen LogP contribution in [0.15, 0.2) is 48.5 Å². The Labute approximate surface area is 196 Å². The summed E-state index contributed by atoms with van der Waals surface area (Å²) in [4.78, 5) is 0. The zero-order valence-electron chi connectivity index (χ0n) is 16.6. The molecule has 0 amide bonds. The minimum absolute atomic E-state index is 0. The molecule has 0 aliphatic heterocycles. The topological polar surface area (TPSA) is 51.8 Å². The first-order chi connectivity index (χ1) is 13.1. The molecule has 5 nitrogen and oxygen atoms in total. The van der Waals surface area contributed by atoms with Crippen LogP contribution in [0.5, 0.6) is 11.5 Å². The van der Waals surface area contributed by atoms with Crippen molar-refractivity contribution < 1.29 is 14.2 Å². The zero-order valence-corrected chi connectivity index (χ0v) is 17.4. The van der Waals surface area contributed by atoms with E-state index in [2.05, 4.69) is 10.6 Å². The van der Waals surface area contributed by atoms with Crippen LogP contribution < -0.4 is 20.1 Å². The fraction of sp³-hybridized carbons (Fsp3) is 0.381. The third-order valence-corrected chi connectivity index (χ3v) is 3.46. The van der Waals surface area contributed by atoms with E-state index >= 15 is 0 Å². The summed E-state index contributed by atoms with van der Waals surface area (Å²) in [6, 6.07) is 15.3. The molecular weight excluding hydrogens is 383 g/mol. The van der Waals surface area contributed by atoms with Crippen LogP contribution >= 0.6 is 12.2 Å². The second-order valence-electron chi connectivity index (χ2n) is 5.28. The van der Waals surface area contributed by atoms with Gasteiger partial charge in [-0.25, -0.2) is 0 Å². The van der Waals surface area contributed by atoms with Gasteiger partial charge in [0, 0.05) is 24.6 Å². The van der Waals surface area contributed by atoms with Crippen LogP contribution in [0.2, 0.25) is 0 Å². The molecule has 0 heterocycles. The SMILES string of the molecule is CCOCC.CCOc1ccc(NC(=S)Nc2ccc(OCC)cc2)cc1.[NaH]. The van der Waals surface area contributed by atoms with E-state index in [1.165, 1.54) is 0 Å². The van der Waals surface area contributed by atoms with Crippen molar-refractivity contribution in [2.75, 3.05) is 37.1 Å². The molecule has 0 saturated carbocycles. The van der Waals surface area contributed by atoms with Crippen LogP contribution in [0, 0.1) is 0 Å². The Hall–Kier alpha value is -1.31. The average molecular weight is 415 g/mol. The molecule has 7 heteroatoms. The molecule has 0 radical (unpaired) electrons. The van der Waals surface area contributed by atoms with E-state index in [1.54, 1.807) is 0 Å². The van der Waals surface area contributed by atoms with Gasteiger partial charge in [-0.2, -0.15) is 0 Å². The van der Waals surface area contributed by atoms with E-state index in [-0.39, 0.29) is 29.6 Å². The van der Waals surface area contributed by atoms with Gasteiger partial charge in [0.25, 0.3) is 0 Å². The molecule has 0 atom stereocenters. The molecule has 0 unspecified atom stereocenters. The van der Waals surface area contributed by atoms with Crippen LogP contribution in [-0.4, -0.2) is 61.1 Å². The number of hydrogen-bond donors (Lipinski definition) is 2. The van der Waals surface area contributed by atoms with Gasteiger partial charge in [0.15, 0.2) is 5.11 Å². The van der Waals surface area contributed by atoms with Gasteiger partial charge in [0.2, 0.25) is 0 Å². The van der Waals surface area contributed by atoms with Gasteiger partial charge < -0.3 is 24.8 Å². The van der Waals surface area contributed by atoms with E-state index in [0.29, 0.717) is 18.3 Å². The molecule has 2 rings (SSSR count). The Bertz CT molecular complexity index is 596. The summed E-state index contributed by atoms with van der Waals surface area (Å²) in [5.41, 5.74) is 1.82. The molecule has 150 valence electrons. The van der Waals surface area contributed by atoms with Crippen LogP contribution in [-0.2, 0) is 4.74 Å². The first kappa shape index (κ1) is 26.7. The predicted molar refractivity (Wildman–Crippen MR) is 124 cm³/mol. The van der Waals surface area contributed by atoms with Gasteiger partial charge in [0.1, 0.15) is 11.5 Å². The number of rotatable bonds is 8. The summed E-state index contributed by atoms with van der Waals surface area (Å²) in [7, 11) is 0. The Balaban J connectivity index is 0.00000108. The van der Waals surface area contributed by atoms with Crippen molar-refractivity contribution in [3.63, 3.8) is 0 Å². The first-order valence-corrected chi connectivity index (χ1v) is 9.65. The molecule has 2 aromatic carbocycles. The van der Waals surface area contributed by atoms with Gasteiger partial charge in [-0.3, -0.25) is 0 Å². The van der Waals surface area contributed by atoms with Crippen molar-refractivity contribution in [3.05, 3.63) is 48.5 Å². The number of benzene rings is 2. The summed E-state index contributed by atoms with van der Waals surface area (Å²) in [5, 5.41) is 6.80. The van der Waals surface area contributed by atoms with E-state index < -0.39 is 0 Å². The van der Waals surface area contributed by atoms with Crippen molar-refractivity contribution in [1.82, 2.24) is 0 Å². The Kier molecular flexibility index (Phi) is 15.8. The molecule has 0 aromatic heterocycles. The first-order valence-electron chi connectivity index (χ1n) is 9.24. The van der Waals surface area contributed by atoms with Gasteiger partial charge in [-0.05, 0) is 88.4 Å². The van der Waals surface area contributed by atoms with E-state index in [9.17, 15) is 0 Å². The quantitative estimate of drug-likeness (QED) is 0.483. The maximum atomic E-state index is 5.40. The van der Waals surface area contributed by atoms with Crippen LogP contribution in [0.4, 0.5) is 11.4 Å². The van der Waals surface area contributed by atoms with Gasteiger partial charge in [-0.1, -0.05) is 0 Å². The summed E-state index contributed by atoms with van der Waals surface area (Å²) < 4.78 is 15.6. The Morgan fingerprint density at radius 1 is 0.679 bits per heavy atom. The monoisotopic (exact) mass is 414 g/mol. The third kappa shape index (κ3) is 11.5. The molecule has 0 aliphatic rings. The minimum atomic E-state index is 0. The van der Waals surface area contributed by atoms with Gasteiger partial charge in [-0.15, -0.1) is 0 Å². The number of anilines is 2. The number of thiocarbonyl (C=S) groups is 1. The summed E-state index contributed by atoms with van der Waals surface area (Å²) in [5.74, 6) is 1.69. The third-order valence-electron chi connectivity index (χ3n) is 3.25. The molecule has 0 aliphatic carbocycles. The van der Waals surface area contributed by atoms with Gasteiger partial charge >= 0.3 is 29.6 Å². The van der Waals surface area contributed by atoms with Crippen LogP contribution in [0.25, 0.3) is 0 Å². The Morgan fingerprint density at radius 2 is 1.04 bits per heavy atom. The summed E-state index contributed by atoms with van der Waals surface area (Å²) in [6.07, 6.45) is 0. The number of ether oxygens (including phenoxy) is 3. The van der Waals surface area contributed by atoms with E-state index in [4.69, 9.17) is 26.4 Å². The summed E-state index contributed by atoms with van der Waals surface area (Å²) >= 11 is 5.30. The van der Waals surface area contributed by atoms with E-state index in [0.717, 1.165) is 36.1 Å². The number of nitrogens with one attached hydrogen (secondary N) is 2. The molecule has 0 fully saturated rings. The second-order valence-corrected chi connectivity index (χ2v) is 5.68. The van der Waals surface area contributed by atoms with Crippen molar-refractivity contribution in [2.24, 2.45) is 0 Å². The van der Waals surface area contributed by atoms with Gasteiger partial charge in [0.05, 0.1) is 13.2 Å². The normalized spacial score (nSPS) is 9.29. The fourth-order valence-corrected chi connectivity index (χ4v) is 2.34. The molecule has 2 aromatic rings. The van der Waals surface area contributed by atoms with Crippen molar-refractivity contribution in [1.29, 1.82) is 0 Å². The molecule has 0 bridgehead atoms. The summed E-state index contributed by atoms with van der Waals surface area (Å²) in [6.45, 7) is 10.9. The van der Waals surface area contributed by atoms with Crippen molar-refractivity contribution >= 4 is 58.3 Å². The molecular formula is C21H31N2NaO3S. The Morgan fingerprint density at radius 3 is 1.29 bits per heavy atom. The zero-order chi connectivity index (χ0) is 19.9. The van der Waals surface area contributed by atoms with Crippen LogP contribution in [0.3, 0.4) is 0 Å². The maximum absolute atomic E-state index is 5.40. The van der Waals surface area contributed by atoms with Crippen molar-refractivity contribution in [3.8, 4) is 11.5 Å². The second kappa shape index (κ2) is 16.6. The molecule has 0 spiro atoms.